The van der Waals surface area contributed by atoms with Crippen LogP contribution in [0.25, 0.3) is 22.0 Å². The number of aromatic hydroxyl groups is 5. The number of aliphatic carboxylic acids is 1. The van der Waals surface area contributed by atoms with Crippen LogP contribution in [-0.2, 0) is 59.2 Å². The zero-order chi connectivity index (χ0) is 67.5. The molecule has 7 heterocycles. The molecule has 0 spiro atoms. The first kappa shape index (κ1) is 63.9. The highest BCUT2D eigenvalue weighted by Crippen LogP contribution is 2.44. The van der Waals surface area contributed by atoms with Gasteiger partial charge in [-0.2, -0.15) is 0 Å². The Balaban J connectivity index is 0.975. The molecule has 0 unspecified atom stereocenters. The number of fused-ring (bicyclic) bond motifs is 14. The summed E-state index contributed by atoms with van der Waals surface area (Å²) >= 11 is 6.88. The number of hydrogen-bond acceptors (Lipinski definition) is 15. The van der Waals surface area contributed by atoms with Crippen molar-refractivity contribution in [2.75, 3.05) is 6.54 Å². The number of halogens is 1. The predicted molar refractivity (Wildman–Crippen MR) is 346 cm³/mol. The summed E-state index contributed by atoms with van der Waals surface area (Å²) < 4.78 is 12.4. The number of aromatic nitrogens is 1. The van der Waals surface area contributed by atoms with Gasteiger partial charge < -0.3 is 87.6 Å². The van der Waals surface area contributed by atoms with E-state index in [1.54, 1.807) is 48.7 Å². The van der Waals surface area contributed by atoms with Crippen LogP contribution in [0.4, 0.5) is 4.79 Å². The maximum Gasteiger partial charge on any atom is 0.330 e. The molecular formula is C70H60ClN9O16. The van der Waals surface area contributed by atoms with E-state index in [1.807, 2.05) is 30.3 Å². The molecule has 9 aromatic rings. The third-order valence-electron chi connectivity index (χ3n) is 16.6. The third kappa shape index (κ3) is 14.2. The van der Waals surface area contributed by atoms with E-state index in [9.17, 15) is 49.8 Å². The van der Waals surface area contributed by atoms with Crippen molar-refractivity contribution in [2.45, 2.75) is 68.0 Å². The van der Waals surface area contributed by atoms with Crippen LogP contribution in [0, 0.1) is 0 Å². The van der Waals surface area contributed by atoms with Gasteiger partial charge in [-0.15, -0.1) is 0 Å². The maximum atomic E-state index is 15.8. The SMILES string of the molecule is O=C(NCCc1ccccc1)N[C@H](Cc1ccc(O)cc1)C(=O)N[C@@H]1Cc2c[nH]c3cc(ccc23)-c2cc3cc(c2O)Oc2ccc(cc2)C[C@@H]2NC(=O)[C@H](NC(=O)[C@@H]3NC(=O)[C@@H](c3cc(O)cc(O)c3)NC1=O)c1ccc(c(Cl)c1)Oc1cc(ccc1O)[C@H](C(=O)O)NC2=O. The maximum absolute atomic E-state index is 15.8. The normalized spacial score (nSPS) is 18.9. The van der Waals surface area contributed by atoms with Gasteiger partial charge in [-0.3, -0.25) is 28.8 Å². The number of urea groups is 1. The molecule has 0 aliphatic carbocycles. The highest BCUT2D eigenvalue weighted by atomic mass is 35.5. The molecule has 15 rings (SSSR count). The van der Waals surface area contributed by atoms with Crippen molar-refractivity contribution >= 4 is 69.9 Å². The molecular weight excluding hydrogens is 1260 g/mol. The van der Waals surface area contributed by atoms with Crippen LogP contribution in [0.2, 0.25) is 5.02 Å². The molecule has 96 heavy (non-hydrogen) atoms. The van der Waals surface area contributed by atoms with Crippen molar-refractivity contribution in [1.29, 1.82) is 0 Å². The fourth-order valence-electron chi connectivity index (χ4n) is 11.7. The van der Waals surface area contributed by atoms with E-state index in [0.29, 0.717) is 39.6 Å². The Bertz CT molecular complexity index is 4550. The molecule has 6 aliphatic heterocycles. The molecule has 6 aliphatic rings. The molecule has 8 amide bonds. The van der Waals surface area contributed by atoms with Gasteiger partial charge in [-0.05, 0) is 135 Å². The minimum Gasteiger partial charge on any atom is -0.508 e. The first-order valence-electron chi connectivity index (χ1n) is 30.2. The van der Waals surface area contributed by atoms with E-state index in [1.165, 1.54) is 66.7 Å². The number of carbonyl (C=O) groups excluding carboxylic acids is 7. The second-order valence-electron chi connectivity index (χ2n) is 23.2. The molecule has 0 fully saturated rings. The van der Waals surface area contributed by atoms with Gasteiger partial charge in [0, 0.05) is 54.5 Å². The van der Waals surface area contributed by atoms with Crippen LogP contribution in [0.5, 0.6) is 51.7 Å². The zero-order valence-electron chi connectivity index (χ0n) is 50.4. The van der Waals surface area contributed by atoms with Crippen LogP contribution in [-0.4, -0.2) is 108 Å². The Morgan fingerprint density at radius 3 is 1.95 bits per heavy atom. The van der Waals surface area contributed by atoms with Crippen LogP contribution < -0.4 is 52.0 Å². The summed E-state index contributed by atoms with van der Waals surface area (Å²) in [6, 6.07) is 26.5. The Kier molecular flexibility index (Phi) is 18.1. The molecule has 0 saturated heterocycles. The number of phenols is 5. The average Bonchev–Trinajstić information content (AvgIpc) is 1.33. The Morgan fingerprint density at radius 1 is 0.573 bits per heavy atom. The molecule has 1 aromatic heterocycles. The lowest BCUT2D eigenvalue weighted by molar-refractivity contribution is -0.142. The number of carbonyl (C=O) groups is 8. The molecule has 488 valence electrons. The van der Waals surface area contributed by atoms with E-state index in [2.05, 4.69) is 47.5 Å². The number of H-pyrrole nitrogens is 1. The second-order valence-corrected chi connectivity index (χ2v) is 23.6. The van der Waals surface area contributed by atoms with Crippen molar-refractivity contribution in [3.8, 4) is 62.9 Å². The second kappa shape index (κ2) is 27.1. The smallest absolute Gasteiger partial charge is 0.330 e. The highest BCUT2D eigenvalue weighted by Gasteiger charge is 2.39. The van der Waals surface area contributed by atoms with Gasteiger partial charge in [0.25, 0.3) is 0 Å². The molecule has 15 N–H and O–H groups in total. The fraction of sp³-hybridized carbons (Fsp3) is 0.171. The zero-order valence-corrected chi connectivity index (χ0v) is 51.1. The van der Waals surface area contributed by atoms with Crippen LogP contribution in [0.3, 0.4) is 0 Å². The number of carboxylic acids is 1. The lowest BCUT2D eigenvalue weighted by atomic mass is 9.94. The van der Waals surface area contributed by atoms with Crippen molar-refractivity contribution in [3.05, 3.63) is 220 Å². The summed E-state index contributed by atoms with van der Waals surface area (Å²) in [6.45, 7) is 0.178. The highest BCUT2D eigenvalue weighted by molar-refractivity contribution is 6.32. The molecule has 8 aromatic carbocycles. The largest absolute Gasteiger partial charge is 0.508 e. The van der Waals surface area contributed by atoms with E-state index in [4.69, 9.17) is 21.1 Å². The number of carboxylic acid groups (broad SMARTS) is 1. The topological polar surface area (TPSA) is 388 Å². The van der Waals surface area contributed by atoms with Crippen molar-refractivity contribution in [2.24, 2.45) is 0 Å². The minimum atomic E-state index is -2.01. The van der Waals surface area contributed by atoms with Gasteiger partial charge in [0.1, 0.15) is 65.0 Å². The number of aromatic amines is 1. The van der Waals surface area contributed by atoms with Crippen LogP contribution in [0.1, 0.15) is 68.7 Å². The van der Waals surface area contributed by atoms with E-state index >= 15 is 19.2 Å². The molecule has 7 atom stereocenters. The number of ether oxygens (including phenoxy) is 2. The summed E-state index contributed by atoms with van der Waals surface area (Å²) in [7, 11) is 0. The van der Waals surface area contributed by atoms with Gasteiger partial charge in [0.05, 0.1) is 5.02 Å². The lowest BCUT2D eigenvalue weighted by Crippen LogP contribution is -2.57. The first-order chi connectivity index (χ1) is 46.2. The van der Waals surface area contributed by atoms with E-state index in [-0.39, 0.29) is 87.4 Å². The predicted octanol–water partition coefficient (Wildman–Crippen LogP) is 6.96. The van der Waals surface area contributed by atoms with Crippen LogP contribution in [0.15, 0.2) is 170 Å². The molecule has 15 bridgehead atoms. The summed E-state index contributed by atoms with van der Waals surface area (Å²) in [6.07, 6.45) is 1.30. The third-order valence-corrected chi connectivity index (χ3v) is 16.9. The number of amides is 8. The quantitative estimate of drug-likeness (QED) is 0.0657. The molecule has 25 nitrogen and oxygen atoms in total. The molecule has 0 saturated carbocycles. The minimum absolute atomic E-state index is 0.0420. The van der Waals surface area contributed by atoms with Gasteiger partial charge in [-0.25, -0.2) is 9.59 Å². The fourth-order valence-corrected chi connectivity index (χ4v) is 11.9. The summed E-state index contributed by atoms with van der Waals surface area (Å²) in [4.78, 5) is 121. The first-order valence-corrected chi connectivity index (χ1v) is 30.5. The lowest BCUT2D eigenvalue weighted by Gasteiger charge is -2.29. The van der Waals surface area contributed by atoms with Gasteiger partial charge in [0.15, 0.2) is 29.0 Å². The number of hydrogen-bond donors (Lipinski definition) is 15. The van der Waals surface area contributed by atoms with Gasteiger partial charge in [-0.1, -0.05) is 90.5 Å². The number of benzene rings is 8. The Labute approximate surface area is 550 Å². The number of nitrogens with one attached hydrogen (secondary N) is 9. The number of rotatable bonds is 10. The van der Waals surface area contributed by atoms with Crippen molar-refractivity contribution in [3.63, 3.8) is 0 Å². The summed E-state index contributed by atoms with van der Waals surface area (Å²) in [5.74, 6) is -10.6. The van der Waals surface area contributed by atoms with E-state index in [0.717, 1.165) is 29.8 Å². The Morgan fingerprint density at radius 2 is 1.24 bits per heavy atom. The van der Waals surface area contributed by atoms with Gasteiger partial charge in [0.2, 0.25) is 35.4 Å². The monoisotopic (exact) mass is 1320 g/mol. The molecule has 26 heteroatoms. The average molecular weight is 1320 g/mol. The molecule has 0 radical (unpaired) electrons. The summed E-state index contributed by atoms with van der Waals surface area (Å²) in [5, 5.41) is 87.7. The number of phenolic OH excluding ortho intramolecular Hbond substituents is 5. The standard InChI is InChI=1S/C70H60ClN9O16/c71-49-27-38-12-19-55(49)96-56-30-39(11-18-54(56)84)61(69(92)93)80-64(87)51-22-36-8-15-46(16-9-36)95-57-31-41-26-48(62(57)85)37-10-17-47-42(33-73-50(47)28-37)29-53(74-63(86)52(23-35-6-13-43(81)14-7-35)76-70(94)72-21-20-34-4-2-1-3-5-34)65(88)77-59(40-24-44(82)32-45(83)25-40)67(90)79-60(41)68(91)78-58(38)66(89)75-51/h1-19,24-28,30-33,51-53,58-61,73,81-85H,20-23,29H2,(H,74,86)(H,75,89)(H,77,88)(H,78,91)(H,79,90)(H,80,87)(H,92,93)(H2,72,76,94)/t51-,52+,53+,58+,59+,60+,61+/m0/s1. The Hall–Kier alpha value is -12.3. The van der Waals surface area contributed by atoms with Crippen molar-refractivity contribution < 1.29 is 78.5 Å². The van der Waals surface area contributed by atoms with Crippen LogP contribution >= 0.6 is 11.6 Å². The van der Waals surface area contributed by atoms with E-state index < -0.39 is 113 Å². The van der Waals surface area contributed by atoms with Crippen molar-refractivity contribution in [1.82, 2.24) is 47.5 Å². The van der Waals surface area contributed by atoms with Gasteiger partial charge >= 0.3 is 12.0 Å². The summed E-state index contributed by atoms with van der Waals surface area (Å²) in [5.41, 5.74) is 2.64.